The molecule has 25 heavy (non-hydrogen) atoms. The van der Waals surface area contributed by atoms with Crippen LogP contribution >= 0.6 is 0 Å². The summed E-state index contributed by atoms with van der Waals surface area (Å²) in [6, 6.07) is 7.93. The highest BCUT2D eigenvalue weighted by Crippen LogP contribution is 2.23. The highest BCUT2D eigenvalue weighted by Gasteiger charge is 2.22. The van der Waals surface area contributed by atoms with Crippen LogP contribution in [0.25, 0.3) is 0 Å². The smallest absolute Gasteiger partial charge is 0.198 e. The zero-order valence-corrected chi connectivity index (χ0v) is 15.5. The number of nitrogens with zero attached hydrogens (tertiary/aromatic N) is 2. The Bertz CT molecular complexity index is 513. The van der Waals surface area contributed by atoms with Crippen molar-refractivity contribution in [3.63, 3.8) is 0 Å². The van der Waals surface area contributed by atoms with Crippen molar-refractivity contribution < 1.29 is 9.47 Å². The summed E-state index contributed by atoms with van der Waals surface area (Å²) in [5, 5.41) is 8.67. The second-order valence-electron chi connectivity index (χ2n) is 6.62. The summed E-state index contributed by atoms with van der Waals surface area (Å²) in [4.78, 5) is 4.24. The minimum atomic E-state index is 0.536. The predicted molar refractivity (Wildman–Crippen MR) is 103 cm³/mol. The molecule has 0 atom stereocenters. The maximum atomic E-state index is 8.67. The molecule has 6 nitrogen and oxygen atoms in total. The Hall–Kier alpha value is -1.79. The molecule has 0 spiro atoms. The number of benzene rings is 1. The monoisotopic (exact) mass is 348 g/mol. The van der Waals surface area contributed by atoms with Crippen LogP contribution in [0.1, 0.15) is 26.2 Å². The molecule has 0 aliphatic carbocycles. The number of guanidine groups is 1. The molecule has 1 aromatic carbocycles. The minimum absolute atomic E-state index is 0.536. The normalized spacial score (nSPS) is 15.2. The van der Waals surface area contributed by atoms with E-state index in [9.17, 15) is 0 Å². The van der Waals surface area contributed by atoms with Gasteiger partial charge in [0.2, 0.25) is 0 Å². The first-order valence-corrected chi connectivity index (χ1v) is 9.18. The molecule has 0 radical (unpaired) electrons. The van der Waals surface area contributed by atoms with Gasteiger partial charge in [-0.25, -0.2) is 0 Å². The predicted octanol–water partition coefficient (Wildman–Crippen LogP) is 2.53. The fraction of sp³-hybridized carbons (Fsp3) is 0.632. The van der Waals surface area contributed by atoms with Crippen molar-refractivity contribution in [1.29, 1.82) is 5.41 Å². The van der Waals surface area contributed by atoms with Crippen LogP contribution in [-0.2, 0) is 4.74 Å². The number of nitrogens with two attached hydrogens (primary N) is 1. The second-order valence-corrected chi connectivity index (χ2v) is 6.62. The molecule has 1 heterocycles. The third kappa shape index (κ3) is 5.90. The highest BCUT2D eigenvalue weighted by molar-refractivity contribution is 5.93. The third-order valence-corrected chi connectivity index (χ3v) is 4.63. The standard InChI is InChI=1S/C19H32N4O2/c1-16-8-12-22(13-9-16)19(21)23(11-3-10-20)17-4-6-18(7-5-17)25-15-14-24-2/h4-7,16,21H,3,8-15,20H2,1-2H3. The van der Waals surface area contributed by atoms with Gasteiger partial charge in [0.05, 0.1) is 6.61 Å². The number of likely N-dealkylation sites (tertiary alicyclic amines) is 1. The Kier molecular flexibility index (Phi) is 8.01. The van der Waals surface area contributed by atoms with Gasteiger partial charge in [-0.15, -0.1) is 0 Å². The van der Waals surface area contributed by atoms with Gasteiger partial charge in [-0.1, -0.05) is 6.92 Å². The van der Waals surface area contributed by atoms with Crippen LogP contribution in [0.5, 0.6) is 5.75 Å². The number of rotatable bonds is 8. The zero-order valence-electron chi connectivity index (χ0n) is 15.5. The molecule has 0 aromatic heterocycles. The van der Waals surface area contributed by atoms with E-state index >= 15 is 0 Å². The zero-order chi connectivity index (χ0) is 18.1. The maximum absolute atomic E-state index is 8.67. The molecule has 1 aromatic rings. The number of anilines is 1. The lowest BCUT2D eigenvalue weighted by atomic mass is 9.99. The summed E-state index contributed by atoms with van der Waals surface area (Å²) < 4.78 is 10.6. The van der Waals surface area contributed by atoms with Crippen LogP contribution in [-0.4, -0.2) is 57.4 Å². The molecular weight excluding hydrogens is 316 g/mol. The van der Waals surface area contributed by atoms with E-state index in [1.165, 1.54) is 0 Å². The van der Waals surface area contributed by atoms with E-state index in [1.54, 1.807) is 7.11 Å². The molecule has 1 fully saturated rings. The Morgan fingerprint density at radius 2 is 1.92 bits per heavy atom. The van der Waals surface area contributed by atoms with Crippen LogP contribution in [0.2, 0.25) is 0 Å². The molecule has 3 N–H and O–H groups in total. The van der Waals surface area contributed by atoms with E-state index < -0.39 is 0 Å². The molecule has 1 aliphatic rings. The van der Waals surface area contributed by atoms with Crippen LogP contribution in [0.3, 0.4) is 0 Å². The molecule has 6 heteroatoms. The van der Waals surface area contributed by atoms with Gasteiger partial charge in [0.25, 0.3) is 0 Å². The van der Waals surface area contributed by atoms with Crippen molar-refractivity contribution in [1.82, 2.24) is 4.90 Å². The lowest BCUT2D eigenvalue weighted by molar-refractivity contribution is 0.146. The number of ether oxygens (including phenoxy) is 2. The van der Waals surface area contributed by atoms with E-state index in [-0.39, 0.29) is 0 Å². The van der Waals surface area contributed by atoms with Crippen molar-refractivity contribution >= 4 is 11.6 Å². The minimum Gasteiger partial charge on any atom is -0.491 e. The fourth-order valence-electron chi connectivity index (χ4n) is 2.96. The summed E-state index contributed by atoms with van der Waals surface area (Å²) in [5.74, 6) is 2.15. The summed E-state index contributed by atoms with van der Waals surface area (Å²) in [5.41, 5.74) is 6.71. The first-order chi connectivity index (χ1) is 12.2. The topological polar surface area (TPSA) is 74.8 Å². The first kappa shape index (κ1) is 19.5. The Morgan fingerprint density at radius 1 is 1.24 bits per heavy atom. The summed E-state index contributed by atoms with van der Waals surface area (Å²) in [7, 11) is 1.66. The largest absolute Gasteiger partial charge is 0.491 e. The molecular formula is C19H32N4O2. The fourth-order valence-corrected chi connectivity index (χ4v) is 2.96. The van der Waals surface area contributed by atoms with Gasteiger partial charge >= 0.3 is 0 Å². The third-order valence-electron chi connectivity index (χ3n) is 4.63. The number of methoxy groups -OCH3 is 1. The van der Waals surface area contributed by atoms with Gasteiger partial charge in [0, 0.05) is 32.4 Å². The van der Waals surface area contributed by atoms with Crippen molar-refractivity contribution in [2.24, 2.45) is 11.7 Å². The summed E-state index contributed by atoms with van der Waals surface area (Å²) in [6.07, 6.45) is 3.16. The summed E-state index contributed by atoms with van der Waals surface area (Å²) >= 11 is 0. The molecule has 0 unspecified atom stereocenters. The molecule has 2 rings (SSSR count). The van der Waals surface area contributed by atoms with E-state index in [4.69, 9.17) is 20.6 Å². The first-order valence-electron chi connectivity index (χ1n) is 9.18. The van der Waals surface area contributed by atoms with Crippen LogP contribution < -0.4 is 15.4 Å². The maximum Gasteiger partial charge on any atom is 0.198 e. The van der Waals surface area contributed by atoms with E-state index in [0.29, 0.717) is 25.7 Å². The van der Waals surface area contributed by atoms with Gasteiger partial charge in [0.1, 0.15) is 12.4 Å². The van der Waals surface area contributed by atoms with Crippen molar-refractivity contribution in [3.8, 4) is 5.75 Å². The van der Waals surface area contributed by atoms with Crippen molar-refractivity contribution in [3.05, 3.63) is 24.3 Å². The number of piperidine rings is 1. The van der Waals surface area contributed by atoms with Crippen molar-refractivity contribution in [2.45, 2.75) is 26.2 Å². The second kappa shape index (κ2) is 10.3. The quantitative estimate of drug-likeness (QED) is 0.429. The van der Waals surface area contributed by atoms with Crippen LogP contribution in [0.4, 0.5) is 5.69 Å². The molecule has 0 saturated carbocycles. The number of nitrogens with one attached hydrogen (secondary N) is 1. The van der Waals surface area contributed by atoms with Gasteiger partial charge in [-0.05, 0) is 56.0 Å². The number of hydrogen-bond donors (Lipinski definition) is 2. The van der Waals surface area contributed by atoms with Crippen LogP contribution in [0, 0.1) is 11.3 Å². The highest BCUT2D eigenvalue weighted by atomic mass is 16.5. The number of hydrogen-bond acceptors (Lipinski definition) is 4. The Morgan fingerprint density at radius 3 is 2.52 bits per heavy atom. The van der Waals surface area contributed by atoms with Crippen LogP contribution in [0.15, 0.2) is 24.3 Å². The molecule has 0 bridgehead atoms. The molecule has 1 saturated heterocycles. The molecule has 0 amide bonds. The van der Waals surface area contributed by atoms with Gasteiger partial charge in [0.15, 0.2) is 5.96 Å². The lowest BCUT2D eigenvalue weighted by Crippen LogP contribution is -2.47. The molecule has 140 valence electrons. The summed E-state index contributed by atoms with van der Waals surface area (Å²) in [6.45, 7) is 6.69. The van der Waals surface area contributed by atoms with E-state index in [1.807, 2.05) is 24.3 Å². The lowest BCUT2D eigenvalue weighted by Gasteiger charge is -2.37. The van der Waals surface area contributed by atoms with Gasteiger partial charge < -0.3 is 25.0 Å². The Balaban J connectivity index is 2.04. The van der Waals surface area contributed by atoms with E-state index in [0.717, 1.165) is 56.3 Å². The average molecular weight is 348 g/mol. The van der Waals surface area contributed by atoms with Crippen molar-refractivity contribution in [2.75, 3.05) is 51.4 Å². The van der Waals surface area contributed by atoms with Gasteiger partial charge in [-0.3, -0.25) is 5.41 Å². The SMILES string of the molecule is COCCOc1ccc(N(CCCN)C(=N)N2CCC(C)CC2)cc1. The Labute approximate surface area is 151 Å². The van der Waals surface area contributed by atoms with E-state index in [2.05, 4.69) is 16.7 Å². The average Bonchev–Trinajstić information content (AvgIpc) is 2.64. The molecule has 1 aliphatic heterocycles. The van der Waals surface area contributed by atoms with Gasteiger partial charge in [-0.2, -0.15) is 0 Å².